The van der Waals surface area contributed by atoms with E-state index in [1.54, 1.807) is 7.11 Å². The minimum absolute atomic E-state index is 0.0422. The van der Waals surface area contributed by atoms with Gasteiger partial charge in [-0.1, -0.05) is 6.92 Å². The summed E-state index contributed by atoms with van der Waals surface area (Å²) in [6.07, 6.45) is 5.72. The number of ether oxygens (including phenoxy) is 1. The van der Waals surface area contributed by atoms with Crippen molar-refractivity contribution in [2.45, 2.75) is 52.1 Å². The van der Waals surface area contributed by atoms with Crippen molar-refractivity contribution in [3.8, 4) is 0 Å². The highest BCUT2D eigenvalue weighted by Gasteiger charge is 2.19. The molecule has 4 nitrogen and oxygen atoms in total. The number of fused-ring (bicyclic) bond motifs is 1. The van der Waals surface area contributed by atoms with Crippen molar-refractivity contribution in [3.05, 3.63) is 17.1 Å². The number of aromatic nitrogens is 2. The summed E-state index contributed by atoms with van der Waals surface area (Å²) in [6, 6.07) is 0. The highest BCUT2D eigenvalue weighted by molar-refractivity contribution is 5.48. The van der Waals surface area contributed by atoms with Crippen molar-refractivity contribution in [2.24, 2.45) is 0 Å². The number of methoxy groups -OCH3 is 1. The smallest absolute Gasteiger partial charge is 0.159 e. The normalized spacial score (nSPS) is 16.2. The molecule has 0 aliphatic heterocycles. The first-order chi connectivity index (χ1) is 8.76. The summed E-state index contributed by atoms with van der Waals surface area (Å²) >= 11 is 0. The van der Waals surface area contributed by atoms with Gasteiger partial charge in [0.2, 0.25) is 0 Å². The lowest BCUT2D eigenvalue weighted by molar-refractivity contribution is 0.112. The third-order valence-electron chi connectivity index (χ3n) is 3.46. The summed E-state index contributed by atoms with van der Waals surface area (Å²) in [5, 5.41) is 3.44. The molecular weight excluding hydrogens is 226 g/mol. The molecule has 1 aromatic heterocycles. The van der Waals surface area contributed by atoms with Crippen LogP contribution in [0.15, 0.2) is 0 Å². The van der Waals surface area contributed by atoms with Gasteiger partial charge in [-0.05, 0) is 39.0 Å². The molecule has 0 fully saturated rings. The average Bonchev–Trinajstić information content (AvgIpc) is 2.43. The molecule has 100 valence electrons. The maximum Gasteiger partial charge on any atom is 0.159 e. The Labute approximate surface area is 109 Å². The monoisotopic (exact) mass is 249 g/mol. The first-order valence-corrected chi connectivity index (χ1v) is 6.92. The number of nitrogens with zero attached hydrogens (tertiary/aromatic N) is 2. The maximum atomic E-state index is 5.33. The molecule has 0 saturated heterocycles. The first kappa shape index (κ1) is 13.3. The lowest BCUT2D eigenvalue weighted by atomic mass is 9.96. The van der Waals surface area contributed by atoms with E-state index in [9.17, 15) is 0 Å². The Hall–Kier alpha value is -1.16. The van der Waals surface area contributed by atoms with E-state index in [-0.39, 0.29) is 6.10 Å². The van der Waals surface area contributed by atoms with E-state index >= 15 is 0 Å². The molecule has 1 aliphatic carbocycles. The predicted molar refractivity (Wildman–Crippen MR) is 72.9 cm³/mol. The zero-order chi connectivity index (χ0) is 13.0. The van der Waals surface area contributed by atoms with E-state index < -0.39 is 0 Å². The summed E-state index contributed by atoms with van der Waals surface area (Å²) in [7, 11) is 1.70. The van der Waals surface area contributed by atoms with Gasteiger partial charge in [0.05, 0.1) is 0 Å². The van der Waals surface area contributed by atoms with Crippen LogP contribution < -0.4 is 5.32 Å². The van der Waals surface area contributed by atoms with Crippen molar-refractivity contribution in [2.75, 3.05) is 19.0 Å². The molecule has 0 saturated carbocycles. The van der Waals surface area contributed by atoms with Crippen LogP contribution in [-0.2, 0) is 17.6 Å². The molecule has 1 unspecified atom stereocenters. The topological polar surface area (TPSA) is 47.0 Å². The molecule has 1 aliphatic rings. The zero-order valence-electron chi connectivity index (χ0n) is 11.6. The van der Waals surface area contributed by atoms with Crippen LogP contribution in [0, 0.1) is 0 Å². The fraction of sp³-hybridized carbons (Fsp3) is 0.714. The van der Waals surface area contributed by atoms with Crippen LogP contribution in [0.1, 0.15) is 56.3 Å². The van der Waals surface area contributed by atoms with Crippen molar-refractivity contribution >= 4 is 5.82 Å². The summed E-state index contributed by atoms with van der Waals surface area (Å²) < 4.78 is 5.33. The molecule has 1 heterocycles. The van der Waals surface area contributed by atoms with Gasteiger partial charge in [-0.2, -0.15) is 0 Å². The lowest BCUT2D eigenvalue weighted by Gasteiger charge is -2.21. The highest BCUT2D eigenvalue weighted by Crippen LogP contribution is 2.27. The van der Waals surface area contributed by atoms with E-state index in [0.29, 0.717) is 0 Å². The van der Waals surface area contributed by atoms with Gasteiger partial charge in [-0.3, -0.25) is 0 Å². The number of nitrogens with one attached hydrogen (secondary N) is 1. The Morgan fingerprint density at radius 1 is 1.28 bits per heavy atom. The van der Waals surface area contributed by atoms with Gasteiger partial charge in [0.15, 0.2) is 5.82 Å². The molecule has 4 heteroatoms. The highest BCUT2D eigenvalue weighted by atomic mass is 16.5. The van der Waals surface area contributed by atoms with Crippen molar-refractivity contribution in [1.82, 2.24) is 9.97 Å². The van der Waals surface area contributed by atoms with Gasteiger partial charge >= 0.3 is 0 Å². The van der Waals surface area contributed by atoms with Gasteiger partial charge in [-0.25, -0.2) is 9.97 Å². The summed E-state index contributed by atoms with van der Waals surface area (Å²) in [6.45, 7) is 5.12. The van der Waals surface area contributed by atoms with Crippen molar-refractivity contribution < 1.29 is 4.74 Å². The second-order valence-electron chi connectivity index (χ2n) is 4.87. The lowest BCUT2D eigenvalue weighted by Crippen LogP contribution is -2.16. The minimum Gasteiger partial charge on any atom is -0.374 e. The molecule has 0 amide bonds. The van der Waals surface area contributed by atoms with Crippen LogP contribution in [0.3, 0.4) is 0 Å². The summed E-state index contributed by atoms with van der Waals surface area (Å²) in [5.74, 6) is 1.83. The third-order valence-corrected chi connectivity index (χ3v) is 3.46. The van der Waals surface area contributed by atoms with E-state index in [4.69, 9.17) is 4.74 Å². The van der Waals surface area contributed by atoms with Gasteiger partial charge in [-0.15, -0.1) is 0 Å². The van der Waals surface area contributed by atoms with E-state index in [1.165, 1.54) is 24.1 Å². The molecule has 0 radical (unpaired) electrons. The average molecular weight is 249 g/mol. The molecule has 1 N–H and O–H groups in total. The zero-order valence-corrected chi connectivity index (χ0v) is 11.6. The van der Waals surface area contributed by atoms with Crippen LogP contribution in [0.2, 0.25) is 0 Å². The second-order valence-corrected chi connectivity index (χ2v) is 4.87. The molecule has 0 aromatic carbocycles. The van der Waals surface area contributed by atoms with E-state index in [1.807, 2.05) is 6.92 Å². The second kappa shape index (κ2) is 6.14. The van der Waals surface area contributed by atoms with Crippen LogP contribution in [-0.4, -0.2) is 23.6 Å². The quantitative estimate of drug-likeness (QED) is 0.871. The first-order valence-electron chi connectivity index (χ1n) is 6.92. The number of hydrogen-bond donors (Lipinski definition) is 1. The van der Waals surface area contributed by atoms with Gasteiger partial charge in [0.1, 0.15) is 11.9 Å². The largest absolute Gasteiger partial charge is 0.374 e. The molecule has 0 spiro atoms. The van der Waals surface area contributed by atoms with Crippen LogP contribution >= 0.6 is 0 Å². The van der Waals surface area contributed by atoms with Crippen LogP contribution in [0.5, 0.6) is 0 Å². The van der Waals surface area contributed by atoms with Gasteiger partial charge < -0.3 is 10.1 Å². The fourth-order valence-corrected chi connectivity index (χ4v) is 2.29. The SMILES string of the molecule is CCCNc1nc(C(C)OC)nc2c1CCCC2. The Bertz CT molecular complexity index is 406. The standard InChI is InChI=1S/C14H23N3O/c1-4-9-15-14-11-7-5-6-8-12(11)16-13(17-14)10(2)18-3/h10H,4-9H2,1-3H3,(H,15,16,17). The van der Waals surface area contributed by atoms with Crippen LogP contribution in [0.4, 0.5) is 5.82 Å². The molecule has 1 atom stereocenters. The maximum absolute atomic E-state index is 5.33. The fourth-order valence-electron chi connectivity index (χ4n) is 2.29. The van der Waals surface area contributed by atoms with E-state index in [2.05, 4.69) is 22.2 Å². The molecule has 1 aromatic rings. The number of rotatable bonds is 5. The molecule has 2 rings (SSSR count). The summed E-state index contributed by atoms with van der Waals surface area (Å²) in [5.41, 5.74) is 2.54. The van der Waals surface area contributed by atoms with Gasteiger partial charge in [0, 0.05) is 24.9 Å². The molecular formula is C14H23N3O. The summed E-state index contributed by atoms with van der Waals surface area (Å²) in [4.78, 5) is 9.32. The Morgan fingerprint density at radius 2 is 2.06 bits per heavy atom. The number of anilines is 1. The molecule has 0 bridgehead atoms. The minimum atomic E-state index is -0.0422. The van der Waals surface area contributed by atoms with Gasteiger partial charge in [0.25, 0.3) is 0 Å². The van der Waals surface area contributed by atoms with Crippen molar-refractivity contribution in [3.63, 3.8) is 0 Å². The number of hydrogen-bond acceptors (Lipinski definition) is 4. The van der Waals surface area contributed by atoms with Crippen molar-refractivity contribution in [1.29, 1.82) is 0 Å². The van der Waals surface area contributed by atoms with E-state index in [0.717, 1.165) is 37.4 Å². The number of aryl methyl sites for hydroxylation is 1. The molecule has 18 heavy (non-hydrogen) atoms. The predicted octanol–water partition coefficient (Wildman–Crippen LogP) is 2.88. The Balaban J connectivity index is 2.34. The van der Waals surface area contributed by atoms with Crippen LogP contribution in [0.25, 0.3) is 0 Å². The third kappa shape index (κ3) is 2.80. The Morgan fingerprint density at radius 3 is 2.78 bits per heavy atom. The Kier molecular flexibility index (Phi) is 4.53.